The Hall–Kier alpha value is -2.64. The van der Waals surface area contributed by atoms with Crippen molar-refractivity contribution in [1.82, 2.24) is 9.80 Å². The van der Waals surface area contributed by atoms with Crippen LogP contribution in [-0.4, -0.2) is 60.4 Å². The fourth-order valence-corrected chi connectivity index (χ4v) is 4.29. The third kappa shape index (κ3) is 5.88. The van der Waals surface area contributed by atoms with Crippen LogP contribution in [0.15, 0.2) is 52.5 Å². The first-order valence-corrected chi connectivity index (χ1v) is 12.3. The summed E-state index contributed by atoms with van der Waals surface area (Å²) in [6.45, 7) is 7.85. The van der Waals surface area contributed by atoms with Crippen molar-refractivity contribution in [3.05, 3.63) is 69.2 Å². The summed E-state index contributed by atoms with van der Waals surface area (Å²) in [4.78, 5) is 29.8. The molecule has 0 aromatic heterocycles. The number of likely N-dealkylation sites (tertiary alicyclic amines) is 1. The van der Waals surface area contributed by atoms with E-state index in [0.29, 0.717) is 31.1 Å². The van der Waals surface area contributed by atoms with Gasteiger partial charge in [-0.05, 0) is 81.4 Å². The number of halogens is 1. The van der Waals surface area contributed by atoms with Gasteiger partial charge >= 0.3 is 0 Å². The fourth-order valence-electron chi connectivity index (χ4n) is 4.03. The summed E-state index contributed by atoms with van der Waals surface area (Å²) >= 11 is 3.44. The zero-order valence-electron chi connectivity index (χ0n) is 20.5. The summed E-state index contributed by atoms with van der Waals surface area (Å²) in [6.07, 6.45) is 0.716. The first-order chi connectivity index (χ1) is 16.1. The van der Waals surface area contributed by atoms with E-state index in [4.69, 9.17) is 4.74 Å². The molecule has 1 heterocycles. The Bertz CT molecular complexity index is 1080. The van der Waals surface area contributed by atoms with Gasteiger partial charge in [0.15, 0.2) is 0 Å². The number of hydrogen-bond donors (Lipinski definition) is 1. The molecule has 0 unspecified atom stereocenters. The molecular weight excluding hydrogens is 496 g/mol. The number of aryl methyl sites for hydroxylation is 1. The Kier molecular flexibility index (Phi) is 8.55. The fraction of sp³-hybridized carbons (Fsp3) is 0.407. The summed E-state index contributed by atoms with van der Waals surface area (Å²) in [6, 6.07) is 12.2. The first-order valence-electron chi connectivity index (χ1n) is 11.5. The molecule has 2 aromatic carbocycles. The number of hydrogen-bond acceptors (Lipinski definition) is 5. The molecule has 1 saturated heterocycles. The van der Waals surface area contributed by atoms with Crippen molar-refractivity contribution in [3.63, 3.8) is 0 Å². The molecule has 7 heteroatoms. The Labute approximate surface area is 210 Å². The van der Waals surface area contributed by atoms with E-state index in [1.807, 2.05) is 50.2 Å². The molecular formula is C27H33BrN2O4. The van der Waals surface area contributed by atoms with Crippen LogP contribution in [0.25, 0.3) is 5.76 Å². The highest BCUT2D eigenvalue weighted by Gasteiger charge is 2.45. The standard InChI is InChI=1S/C27H33BrN2O4/c1-17(2)16-34-22-12-9-20(15-18(22)3)25(31)23-24(19-7-10-21(28)11-8-19)30(27(33)26(23)32)14-6-13-29(4)5/h7-12,15,17,24,31H,6,13-14,16H2,1-5H3/b25-23+/t24-/m0/s1. The Morgan fingerprint density at radius 3 is 2.41 bits per heavy atom. The van der Waals surface area contributed by atoms with Gasteiger partial charge in [0.25, 0.3) is 11.7 Å². The summed E-state index contributed by atoms with van der Waals surface area (Å²) in [5.74, 6) is -0.282. The molecule has 182 valence electrons. The van der Waals surface area contributed by atoms with Crippen molar-refractivity contribution in [2.75, 3.05) is 33.8 Å². The Morgan fingerprint density at radius 2 is 1.82 bits per heavy atom. The molecule has 1 fully saturated rings. The van der Waals surface area contributed by atoms with E-state index in [-0.39, 0.29) is 11.3 Å². The second kappa shape index (κ2) is 11.2. The molecule has 2 aromatic rings. The van der Waals surface area contributed by atoms with Crippen molar-refractivity contribution < 1.29 is 19.4 Å². The number of aliphatic hydroxyl groups is 1. The smallest absolute Gasteiger partial charge is 0.295 e. The van der Waals surface area contributed by atoms with Crippen LogP contribution in [0, 0.1) is 12.8 Å². The van der Waals surface area contributed by atoms with Crippen LogP contribution in [0.4, 0.5) is 0 Å². The van der Waals surface area contributed by atoms with Gasteiger partial charge in [-0.1, -0.05) is 41.9 Å². The quantitative estimate of drug-likeness (QED) is 0.276. The topological polar surface area (TPSA) is 70.1 Å². The van der Waals surface area contributed by atoms with Crippen molar-refractivity contribution in [2.24, 2.45) is 5.92 Å². The third-order valence-electron chi connectivity index (χ3n) is 5.75. The van der Waals surface area contributed by atoms with E-state index in [9.17, 15) is 14.7 Å². The monoisotopic (exact) mass is 528 g/mol. The normalized spacial score (nSPS) is 17.8. The molecule has 0 aliphatic carbocycles. The molecule has 1 atom stereocenters. The van der Waals surface area contributed by atoms with Crippen LogP contribution in [0.2, 0.25) is 0 Å². The van der Waals surface area contributed by atoms with Crippen LogP contribution in [-0.2, 0) is 9.59 Å². The SMILES string of the molecule is Cc1cc(/C(O)=C2\C(=O)C(=O)N(CCCN(C)C)[C@H]2c2ccc(Br)cc2)ccc1OCC(C)C. The highest BCUT2D eigenvalue weighted by molar-refractivity contribution is 9.10. The zero-order chi connectivity index (χ0) is 25.0. The average Bonchev–Trinajstić information content (AvgIpc) is 3.03. The van der Waals surface area contributed by atoms with Crippen molar-refractivity contribution in [3.8, 4) is 5.75 Å². The van der Waals surface area contributed by atoms with Crippen LogP contribution in [0.1, 0.15) is 43.0 Å². The van der Waals surface area contributed by atoms with E-state index in [2.05, 4.69) is 29.8 Å². The molecule has 0 spiro atoms. The van der Waals surface area contributed by atoms with Crippen LogP contribution in [0.3, 0.4) is 0 Å². The molecule has 0 bridgehead atoms. The average molecular weight is 529 g/mol. The highest BCUT2D eigenvalue weighted by Crippen LogP contribution is 2.40. The maximum absolute atomic E-state index is 13.2. The maximum atomic E-state index is 13.2. The van der Waals surface area contributed by atoms with Crippen LogP contribution < -0.4 is 4.74 Å². The highest BCUT2D eigenvalue weighted by atomic mass is 79.9. The summed E-state index contributed by atoms with van der Waals surface area (Å²) in [5.41, 5.74) is 2.24. The van der Waals surface area contributed by atoms with E-state index >= 15 is 0 Å². The number of nitrogens with zero attached hydrogens (tertiary/aromatic N) is 2. The number of rotatable bonds is 9. The van der Waals surface area contributed by atoms with Gasteiger partial charge in [-0.25, -0.2) is 0 Å². The number of carbonyl (C=O) groups is 2. The first kappa shape index (κ1) is 26.0. The van der Waals surface area contributed by atoms with Crippen LogP contribution >= 0.6 is 15.9 Å². The molecule has 1 aliphatic heterocycles. The molecule has 0 saturated carbocycles. The molecule has 1 N–H and O–H groups in total. The number of ketones is 1. The van der Waals surface area contributed by atoms with Gasteiger partial charge in [-0.2, -0.15) is 0 Å². The maximum Gasteiger partial charge on any atom is 0.295 e. The molecule has 3 rings (SSSR count). The van der Waals surface area contributed by atoms with Gasteiger partial charge in [-0.15, -0.1) is 0 Å². The largest absolute Gasteiger partial charge is 0.507 e. The molecule has 1 aliphatic rings. The number of aliphatic hydroxyl groups excluding tert-OH is 1. The predicted molar refractivity (Wildman–Crippen MR) is 138 cm³/mol. The summed E-state index contributed by atoms with van der Waals surface area (Å²) < 4.78 is 6.74. The molecule has 6 nitrogen and oxygen atoms in total. The lowest BCUT2D eigenvalue weighted by atomic mass is 9.94. The van der Waals surface area contributed by atoms with Gasteiger partial charge in [0.05, 0.1) is 18.2 Å². The number of amides is 1. The zero-order valence-corrected chi connectivity index (χ0v) is 22.1. The van der Waals surface area contributed by atoms with Crippen molar-refractivity contribution >= 4 is 33.4 Å². The number of benzene rings is 2. The van der Waals surface area contributed by atoms with Gasteiger partial charge < -0.3 is 19.6 Å². The number of carbonyl (C=O) groups excluding carboxylic acids is 2. The van der Waals surface area contributed by atoms with Crippen molar-refractivity contribution in [1.29, 1.82) is 0 Å². The third-order valence-corrected chi connectivity index (χ3v) is 6.28. The number of ether oxygens (including phenoxy) is 1. The van der Waals surface area contributed by atoms with Gasteiger partial charge in [0, 0.05) is 16.6 Å². The second-order valence-electron chi connectivity index (χ2n) is 9.39. The van der Waals surface area contributed by atoms with Crippen molar-refractivity contribution in [2.45, 2.75) is 33.2 Å². The summed E-state index contributed by atoms with van der Waals surface area (Å²) in [7, 11) is 3.94. The van der Waals surface area contributed by atoms with E-state index < -0.39 is 17.7 Å². The van der Waals surface area contributed by atoms with Gasteiger partial charge in [0.2, 0.25) is 0 Å². The molecule has 34 heavy (non-hydrogen) atoms. The lowest BCUT2D eigenvalue weighted by molar-refractivity contribution is -0.139. The van der Waals surface area contributed by atoms with Crippen LogP contribution in [0.5, 0.6) is 5.75 Å². The molecule has 1 amide bonds. The number of Topliss-reactive ketones (excluding diaryl/α,β-unsaturated/α-hetero) is 1. The summed E-state index contributed by atoms with van der Waals surface area (Å²) in [5, 5.41) is 11.3. The lowest BCUT2D eigenvalue weighted by Gasteiger charge is -2.26. The minimum absolute atomic E-state index is 0.118. The van der Waals surface area contributed by atoms with E-state index in [1.165, 1.54) is 0 Å². The minimum atomic E-state index is -0.659. The van der Waals surface area contributed by atoms with E-state index in [1.54, 1.807) is 23.1 Å². The Morgan fingerprint density at radius 1 is 1.15 bits per heavy atom. The Balaban J connectivity index is 2.03. The van der Waals surface area contributed by atoms with Gasteiger partial charge in [-0.3, -0.25) is 9.59 Å². The predicted octanol–water partition coefficient (Wildman–Crippen LogP) is 5.17. The minimum Gasteiger partial charge on any atom is -0.507 e. The lowest BCUT2D eigenvalue weighted by Crippen LogP contribution is -2.32. The van der Waals surface area contributed by atoms with E-state index in [0.717, 1.165) is 27.9 Å². The molecule has 0 radical (unpaired) electrons. The van der Waals surface area contributed by atoms with Gasteiger partial charge in [0.1, 0.15) is 11.5 Å². The second-order valence-corrected chi connectivity index (χ2v) is 10.3.